The van der Waals surface area contributed by atoms with Gasteiger partial charge in [0.05, 0.1) is 5.52 Å². The average Bonchev–Trinajstić information content (AvgIpc) is 2.67. The predicted octanol–water partition coefficient (Wildman–Crippen LogP) is 3.15. The van der Waals surface area contributed by atoms with Crippen LogP contribution in [-0.4, -0.2) is 25.9 Å². The highest BCUT2D eigenvalue weighted by molar-refractivity contribution is 7.92. The Balaban J connectivity index is 1.50. The lowest BCUT2D eigenvalue weighted by atomic mass is 10.2. The quantitative estimate of drug-likeness (QED) is 0.658. The molecule has 0 saturated carbocycles. The predicted molar refractivity (Wildman–Crippen MR) is 107 cm³/mol. The minimum Gasteiger partial charge on any atom is -0.326 e. The van der Waals surface area contributed by atoms with Crippen molar-refractivity contribution in [3.8, 4) is 0 Å². The summed E-state index contributed by atoms with van der Waals surface area (Å²) < 4.78 is 26.3. The van der Waals surface area contributed by atoms with Crippen molar-refractivity contribution in [2.75, 3.05) is 11.9 Å². The summed E-state index contributed by atoms with van der Waals surface area (Å²) in [5, 5.41) is 4.77. The Hall–Kier alpha value is -3.03. The van der Waals surface area contributed by atoms with Crippen LogP contribution in [0, 0.1) is 0 Å². The molecule has 1 heterocycles. The third-order valence-corrected chi connectivity index (χ3v) is 4.88. The van der Waals surface area contributed by atoms with E-state index in [2.05, 4.69) is 15.0 Å². The number of benzene rings is 2. The first kappa shape index (κ1) is 18.8. The fourth-order valence-electron chi connectivity index (χ4n) is 2.46. The summed E-state index contributed by atoms with van der Waals surface area (Å²) in [6.45, 7) is 0.0163. The summed E-state index contributed by atoms with van der Waals surface area (Å²) in [5.74, 6) is -0.270. The maximum atomic E-state index is 12.0. The second-order valence-electron chi connectivity index (χ2n) is 5.86. The Kier molecular flexibility index (Phi) is 5.95. The number of carbonyl (C=O) groups is 1. The smallest absolute Gasteiger partial charge is 0.233 e. The van der Waals surface area contributed by atoms with E-state index >= 15 is 0 Å². The van der Waals surface area contributed by atoms with Gasteiger partial charge in [0.2, 0.25) is 15.9 Å². The van der Waals surface area contributed by atoms with Crippen molar-refractivity contribution < 1.29 is 13.2 Å². The van der Waals surface area contributed by atoms with Crippen LogP contribution in [-0.2, 0) is 14.8 Å². The molecule has 2 aromatic carbocycles. The molecular weight excluding hydrogens is 362 g/mol. The minimum atomic E-state index is -3.60. The molecule has 0 aliphatic carbocycles. The normalized spacial score (nSPS) is 11.7. The lowest BCUT2D eigenvalue weighted by Gasteiger charge is -2.07. The highest BCUT2D eigenvalue weighted by Gasteiger charge is 2.08. The van der Waals surface area contributed by atoms with E-state index < -0.39 is 10.0 Å². The molecule has 0 radical (unpaired) electrons. The maximum Gasteiger partial charge on any atom is 0.233 e. The number of nitrogens with zero attached hydrogens (tertiary/aromatic N) is 1. The van der Waals surface area contributed by atoms with Crippen molar-refractivity contribution in [3.63, 3.8) is 0 Å². The summed E-state index contributed by atoms with van der Waals surface area (Å²) in [4.78, 5) is 16.3. The second kappa shape index (κ2) is 8.57. The third-order valence-electron chi connectivity index (χ3n) is 3.78. The van der Waals surface area contributed by atoms with E-state index in [4.69, 9.17) is 0 Å². The lowest BCUT2D eigenvalue weighted by Crippen LogP contribution is -2.26. The van der Waals surface area contributed by atoms with Gasteiger partial charge in [-0.2, -0.15) is 0 Å². The molecule has 0 aliphatic rings. The Morgan fingerprint density at radius 1 is 1.04 bits per heavy atom. The van der Waals surface area contributed by atoms with E-state index in [0.29, 0.717) is 5.69 Å². The van der Waals surface area contributed by atoms with Crippen LogP contribution in [0.3, 0.4) is 0 Å². The largest absolute Gasteiger partial charge is 0.326 e. The molecule has 27 heavy (non-hydrogen) atoms. The van der Waals surface area contributed by atoms with Gasteiger partial charge in [-0.15, -0.1) is 0 Å². The maximum absolute atomic E-state index is 12.0. The highest BCUT2D eigenvalue weighted by atomic mass is 32.2. The van der Waals surface area contributed by atoms with E-state index in [9.17, 15) is 13.2 Å². The molecule has 1 aromatic heterocycles. The van der Waals surface area contributed by atoms with Crippen LogP contribution in [0.1, 0.15) is 12.0 Å². The Morgan fingerprint density at radius 3 is 2.67 bits per heavy atom. The fraction of sp³-hybridized carbons (Fsp3) is 0.100. The third kappa shape index (κ3) is 5.73. The van der Waals surface area contributed by atoms with E-state index in [1.54, 1.807) is 24.4 Å². The molecule has 138 valence electrons. The molecule has 1 amide bonds. The van der Waals surface area contributed by atoms with Crippen molar-refractivity contribution >= 4 is 38.6 Å². The van der Waals surface area contributed by atoms with Gasteiger partial charge < -0.3 is 5.32 Å². The first-order valence-corrected chi connectivity index (χ1v) is 9.94. The topological polar surface area (TPSA) is 88.2 Å². The molecule has 0 atom stereocenters. The zero-order valence-electron chi connectivity index (χ0n) is 14.5. The molecule has 3 aromatic rings. The summed E-state index contributed by atoms with van der Waals surface area (Å²) in [6.07, 6.45) is 3.24. The Labute approximate surface area is 158 Å². The van der Waals surface area contributed by atoms with Crippen molar-refractivity contribution in [2.24, 2.45) is 0 Å². The van der Waals surface area contributed by atoms with Gasteiger partial charge >= 0.3 is 0 Å². The second-order valence-corrected chi connectivity index (χ2v) is 7.51. The zero-order valence-corrected chi connectivity index (χ0v) is 15.3. The molecule has 7 heteroatoms. The van der Waals surface area contributed by atoms with Gasteiger partial charge in [-0.25, -0.2) is 13.1 Å². The molecule has 0 spiro atoms. The van der Waals surface area contributed by atoms with Crippen LogP contribution in [0.4, 0.5) is 5.69 Å². The number of hydrogen-bond acceptors (Lipinski definition) is 4. The number of amides is 1. The standard InChI is InChI=1S/C20H19N3O3S/c24-20(23-18-8-9-19-17(15-18)7-4-12-21-19)10-13-22-27(25,26)14-11-16-5-2-1-3-6-16/h1-9,11-12,14-15,22H,10,13H2,(H,23,24)/b14-11+. The van der Waals surface area contributed by atoms with E-state index in [1.165, 1.54) is 6.08 Å². The molecule has 6 nitrogen and oxygen atoms in total. The molecule has 0 aliphatic heterocycles. The van der Waals surface area contributed by atoms with Gasteiger partial charge in [-0.1, -0.05) is 36.4 Å². The number of carbonyl (C=O) groups excluding carboxylic acids is 1. The Bertz CT molecular complexity index is 1060. The van der Waals surface area contributed by atoms with Gasteiger partial charge in [0.25, 0.3) is 0 Å². The number of nitrogens with one attached hydrogen (secondary N) is 2. The molecule has 0 unspecified atom stereocenters. The minimum absolute atomic E-state index is 0.0163. The molecule has 3 rings (SSSR count). The molecule has 2 N–H and O–H groups in total. The van der Waals surface area contributed by atoms with Crippen molar-refractivity contribution in [1.82, 2.24) is 9.71 Å². The number of pyridine rings is 1. The summed E-state index contributed by atoms with van der Waals surface area (Å²) in [6, 6.07) is 18.3. The average molecular weight is 381 g/mol. The number of rotatable bonds is 7. The van der Waals surface area contributed by atoms with Crippen LogP contribution in [0.15, 0.2) is 72.3 Å². The number of hydrogen-bond donors (Lipinski definition) is 2. The highest BCUT2D eigenvalue weighted by Crippen LogP contribution is 2.17. The summed E-state index contributed by atoms with van der Waals surface area (Å²) in [7, 11) is -3.60. The van der Waals surface area contributed by atoms with Crippen LogP contribution in [0.5, 0.6) is 0 Å². The van der Waals surface area contributed by atoms with Crippen molar-refractivity contribution in [2.45, 2.75) is 6.42 Å². The van der Waals surface area contributed by atoms with Gasteiger partial charge in [0.1, 0.15) is 0 Å². The number of anilines is 1. The van der Waals surface area contributed by atoms with Crippen LogP contribution in [0.25, 0.3) is 17.0 Å². The number of sulfonamides is 1. The summed E-state index contributed by atoms with van der Waals surface area (Å²) >= 11 is 0. The SMILES string of the molecule is O=C(CCNS(=O)(=O)/C=C/c1ccccc1)Nc1ccc2ncccc2c1. The number of aromatic nitrogens is 1. The van der Waals surface area contributed by atoms with Crippen LogP contribution >= 0.6 is 0 Å². The lowest BCUT2D eigenvalue weighted by molar-refractivity contribution is -0.116. The molecular formula is C20H19N3O3S. The van der Waals surface area contributed by atoms with E-state index in [-0.39, 0.29) is 18.9 Å². The van der Waals surface area contributed by atoms with Gasteiger partial charge in [0.15, 0.2) is 0 Å². The Morgan fingerprint density at radius 2 is 1.85 bits per heavy atom. The molecule has 0 fully saturated rings. The van der Waals surface area contributed by atoms with Gasteiger partial charge in [0, 0.05) is 35.6 Å². The monoisotopic (exact) mass is 381 g/mol. The van der Waals surface area contributed by atoms with E-state index in [1.807, 2.05) is 42.5 Å². The van der Waals surface area contributed by atoms with Gasteiger partial charge in [-0.3, -0.25) is 9.78 Å². The molecule has 0 bridgehead atoms. The van der Waals surface area contributed by atoms with Crippen LogP contribution in [0.2, 0.25) is 0 Å². The van der Waals surface area contributed by atoms with Crippen LogP contribution < -0.4 is 10.0 Å². The van der Waals surface area contributed by atoms with Gasteiger partial charge in [-0.05, 0) is 35.9 Å². The first-order valence-electron chi connectivity index (χ1n) is 8.39. The van der Waals surface area contributed by atoms with Crippen molar-refractivity contribution in [3.05, 3.63) is 77.8 Å². The number of fused-ring (bicyclic) bond motifs is 1. The molecule has 0 saturated heterocycles. The summed E-state index contributed by atoms with van der Waals surface area (Å²) in [5.41, 5.74) is 2.27. The van der Waals surface area contributed by atoms with Crippen molar-refractivity contribution in [1.29, 1.82) is 0 Å². The first-order chi connectivity index (χ1) is 13.0. The zero-order chi connectivity index (χ0) is 19.1. The van der Waals surface area contributed by atoms with E-state index in [0.717, 1.165) is 21.9 Å². The fourth-order valence-corrected chi connectivity index (χ4v) is 3.28.